The van der Waals surface area contributed by atoms with Gasteiger partial charge in [0, 0.05) is 12.1 Å². The monoisotopic (exact) mass is 255 g/mol. The second-order valence-corrected chi connectivity index (χ2v) is 4.96. The van der Waals surface area contributed by atoms with Crippen molar-refractivity contribution in [2.45, 2.75) is 31.3 Å². The zero-order valence-electron chi connectivity index (χ0n) is 10.3. The van der Waals surface area contributed by atoms with Gasteiger partial charge in [-0.2, -0.15) is 8.78 Å². The molecular weight excluding hydrogens is 236 g/mol. The van der Waals surface area contributed by atoms with Gasteiger partial charge in [-0.3, -0.25) is 0 Å². The highest BCUT2D eigenvalue weighted by Crippen LogP contribution is 2.28. The van der Waals surface area contributed by atoms with Gasteiger partial charge in [0.2, 0.25) is 0 Å². The second-order valence-electron chi connectivity index (χ2n) is 4.96. The van der Waals surface area contributed by atoms with Crippen LogP contribution >= 0.6 is 0 Å². The topological polar surface area (TPSA) is 32.3 Å². The van der Waals surface area contributed by atoms with Crippen molar-refractivity contribution in [3.63, 3.8) is 0 Å². The molecule has 2 nitrogen and oxygen atoms in total. The van der Waals surface area contributed by atoms with Gasteiger partial charge >= 0.3 is 0 Å². The van der Waals surface area contributed by atoms with Crippen molar-refractivity contribution >= 4 is 0 Å². The summed E-state index contributed by atoms with van der Waals surface area (Å²) in [5, 5.41) is 12.4. The summed E-state index contributed by atoms with van der Waals surface area (Å²) < 4.78 is 27.6. The molecule has 0 aliphatic heterocycles. The van der Waals surface area contributed by atoms with Gasteiger partial charge in [-0.05, 0) is 18.8 Å². The summed E-state index contributed by atoms with van der Waals surface area (Å²) in [6.07, 6.45) is 2.37. The number of aliphatic hydroxyl groups excluding tert-OH is 1. The van der Waals surface area contributed by atoms with E-state index in [0.717, 1.165) is 19.3 Å². The molecule has 1 aliphatic carbocycles. The predicted molar refractivity (Wildman–Crippen MR) is 66.6 cm³/mol. The number of hydrogen-bond acceptors (Lipinski definition) is 2. The van der Waals surface area contributed by atoms with E-state index < -0.39 is 5.92 Å². The van der Waals surface area contributed by atoms with Gasteiger partial charge in [0.1, 0.15) is 0 Å². The first kappa shape index (κ1) is 13.4. The first-order chi connectivity index (χ1) is 8.59. The standard InChI is InChI=1S/C14H19F2NO/c15-14(16,12-6-2-1-3-7-12)10-17-9-11-5-4-8-13(11)18/h1-3,6-7,11,13,17-18H,4-5,8-10H2. The van der Waals surface area contributed by atoms with Gasteiger partial charge in [-0.1, -0.05) is 36.8 Å². The van der Waals surface area contributed by atoms with Crippen LogP contribution in [0.5, 0.6) is 0 Å². The molecule has 0 amide bonds. The summed E-state index contributed by atoms with van der Waals surface area (Å²) in [6, 6.07) is 7.83. The molecule has 0 aromatic heterocycles. The third kappa shape index (κ3) is 3.27. The first-order valence-corrected chi connectivity index (χ1v) is 6.42. The molecule has 0 heterocycles. The molecule has 18 heavy (non-hydrogen) atoms. The lowest BCUT2D eigenvalue weighted by molar-refractivity contribution is -0.00517. The third-order valence-corrected chi connectivity index (χ3v) is 3.57. The number of halogens is 2. The Balaban J connectivity index is 1.82. The molecule has 2 unspecified atom stereocenters. The van der Waals surface area contributed by atoms with Crippen LogP contribution in [0.2, 0.25) is 0 Å². The highest BCUT2D eigenvalue weighted by atomic mass is 19.3. The van der Waals surface area contributed by atoms with Gasteiger partial charge in [0.15, 0.2) is 0 Å². The Hall–Kier alpha value is -1.00. The molecule has 2 rings (SSSR count). The molecule has 2 atom stereocenters. The fraction of sp³-hybridized carbons (Fsp3) is 0.571. The van der Waals surface area contributed by atoms with Crippen molar-refractivity contribution in [1.29, 1.82) is 0 Å². The quantitative estimate of drug-likeness (QED) is 0.847. The Morgan fingerprint density at radius 3 is 2.56 bits per heavy atom. The molecule has 1 aromatic rings. The number of aliphatic hydroxyl groups is 1. The van der Waals surface area contributed by atoms with Crippen LogP contribution < -0.4 is 5.32 Å². The van der Waals surface area contributed by atoms with E-state index in [4.69, 9.17) is 0 Å². The SMILES string of the molecule is OC1CCCC1CNCC(F)(F)c1ccccc1. The van der Waals surface area contributed by atoms with Crippen molar-refractivity contribution in [2.75, 3.05) is 13.1 Å². The van der Waals surface area contributed by atoms with Crippen molar-refractivity contribution in [3.05, 3.63) is 35.9 Å². The largest absolute Gasteiger partial charge is 0.393 e. The summed E-state index contributed by atoms with van der Waals surface area (Å²) in [7, 11) is 0. The molecule has 2 N–H and O–H groups in total. The normalized spacial score (nSPS) is 24.4. The lowest BCUT2D eigenvalue weighted by Crippen LogP contribution is -2.35. The minimum atomic E-state index is -2.86. The maximum atomic E-state index is 13.8. The van der Waals surface area contributed by atoms with E-state index in [2.05, 4.69) is 5.32 Å². The summed E-state index contributed by atoms with van der Waals surface area (Å²) in [5.41, 5.74) is 0.0319. The van der Waals surface area contributed by atoms with Gasteiger partial charge < -0.3 is 10.4 Å². The molecule has 4 heteroatoms. The number of nitrogens with one attached hydrogen (secondary N) is 1. The predicted octanol–water partition coefficient (Wildman–Crippen LogP) is 2.53. The zero-order chi connectivity index (χ0) is 13.0. The summed E-state index contributed by atoms with van der Waals surface area (Å²) in [6.45, 7) is 0.0871. The van der Waals surface area contributed by atoms with Crippen LogP contribution in [-0.4, -0.2) is 24.3 Å². The lowest BCUT2D eigenvalue weighted by atomic mass is 10.1. The van der Waals surface area contributed by atoms with E-state index in [9.17, 15) is 13.9 Å². The van der Waals surface area contributed by atoms with Crippen molar-refractivity contribution in [3.8, 4) is 0 Å². The summed E-state index contributed by atoms with van der Waals surface area (Å²) in [4.78, 5) is 0. The molecule has 0 bridgehead atoms. The van der Waals surface area contributed by atoms with Crippen LogP contribution in [0, 0.1) is 5.92 Å². The Kier molecular flexibility index (Phi) is 4.30. The molecule has 100 valence electrons. The van der Waals surface area contributed by atoms with Crippen molar-refractivity contribution < 1.29 is 13.9 Å². The van der Waals surface area contributed by atoms with Crippen molar-refractivity contribution in [1.82, 2.24) is 5.32 Å². The van der Waals surface area contributed by atoms with Gasteiger partial charge in [0.05, 0.1) is 12.6 Å². The average molecular weight is 255 g/mol. The van der Waals surface area contributed by atoms with E-state index >= 15 is 0 Å². The fourth-order valence-electron chi connectivity index (χ4n) is 2.45. The van der Waals surface area contributed by atoms with E-state index in [0.29, 0.717) is 6.54 Å². The molecule has 1 fully saturated rings. The molecule has 0 radical (unpaired) electrons. The van der Waals surface area contributed by atoms with Gasteiger partial charge in [0.25, 0.3) is 5.92 Å². The minimum Gasteiger partial charge on any atom is -0.393 e. The van der Waals surface area contributed by atoms with Crippen LogP contribution in [0.3, 0.4) is 0 Å². The summed E-state index contributed by atoms with van der Waals surface area (Å²) in [5.74, 6) is -2.73. The average Bonchev–Trinajstić information content (AvgIpc) is 2.76. The van der Waals surface area contributed by atoms with Gasteiger partial charge in [-0.25, -0.2) is 0 Å². The zero-order valence-corrected chi connectivity index (χ0v) is 10.3. The van der Waals surface area contributed by atoms with Gasteiger partial charge in [-0.15, -0.1) is 0 Å². The Morgan fingerprint density at radius 2 is 1.94 bits per heavy atom. The Labute approximate surface area is 106 Å². The van der Waals surface area contributed by atoms with Crippen LogP contribution in [-0.2, 0) is 5.92 Å². The highest BCUT2D eigenvalue weighted by Gasteiger charge is 2.32. The minimum absolute atomic E-state index is 0.0319. The molecule has 0 saturated heterocycles. The molecule has 1 saturated carbocycles. The van der Waals surface area contributed by atoms with Crippen LogP contribution in [0.4, 0.5) is 8.78 Å². The molecule has 1 aromatic carbocycles. The molecule has 0 spiro atoms. The number of alkyl halides is 2. The fourth-order valence-corrected chi connectivity index (χ4v) is 2.45. The Morgan fingerprint density at radius 1 is 1.22 bits per heavy atom. The molecule has 1 aliphatic rings. The number of rotatable bonds is 5. The highest BCUT2D eigenvalue weighted by molar-refractivity contribution is 5.20. The first-order valence-electron chi connectivity index (χ1n) is 6.42. The second kappa shape index (κ2) is 5.76. The smallest absolute Gasteiger partial charge is 0.285 e. The number of hydrogen-bond donors (Lipinski definition) is 2. The van der Waals surface area contributed by atoms with Crippen LogP contribution in [0.15, 0.2) is 30.3 Å². The third-order valence-electron chi connectivity index (χ3n) is 3.57. The van der Waals surface area contributed by atoms with Crippen LogP contribution in [0.1, 0.15) is 24.8 Å². The van der Waals surface area contributed by atoms with E-state index in [1.807, 2.05) is 0 Å². The van der Waals surface area contributed by atoms with E-state index in [1.54, 1.807) is 18.2 Å². The lowest BCUT2D eigenvalue weighted by Gasteiger charge is -2.20. The maximum Gasteiger partial charge on any atom is 0.285 e. The number of benzene rings is 1. The molecular formula is C14H19F2NO. The maximum absolute atomic E-state index is 13.8. The van der Waals surface area contributed by atoms with E-state index in [1.165, 1.54) is 12.1 Å². The summed E-state index contributed by atoms with van der Waals surface area (Å²) >= 11 is 0. The Bertz CT molecular complexity index is 369. The van der Waals surface area contributed by atoms with Crippen LogP contribution in [0.25, 0.3) is 0 Å². The van der Waals surface area contributed by atoms with E-state index in [-0.39, 0.29) is 24.1 Å². The van der Waals surface area contributed by atoms with Crippen molar-refractivity contribution in [2.24, 2.45) is 5.92 Å².